The molecular weight excluding hydrogens is 280 g/mol. The molecule has 2 rings (SSSR count). The number of rotatable bonds is 3. The quantitative estimate of drug-likeness (QED) is 0.901. The van der Waals surface area contributed by atoms with Gasteiger partial charge in [-0.2, -0.15) is 5.26 Å². The third-order valence-electron chi connectivity index (χ3n) is 3.23. The molecule has 90 valence electrons. The van der Waals surface area contributed by atoms with E-state index in [2.05, 4.69) is 27.3 Å². The van der Waals surface area contributed by atoms with E-state index >= 15 is 0 Å². The zero-order valence-electron chi connectivity index (χ0n) is 9.70. The van der Waals surface area contributed by atoms with Crippen molar-refractivity contribution in [3.8, 4) is 6.07 Å². The number of nitrogens with zero attached hydrogens (tertiary/aromatic N) is 1. The van der Waals surface area contributed by atoms with Crippen LogP contribution in [0.25, 0.3) is 0 Å². The Morgan fingerprint density at radius 2 is 2.29 bits per heavy atom. The van der Waals surface area contributed by atoms with E-state index in [1.807, 2.05) is 25.1 Å². The Morgan fingerprint density at radius 3 is 2.88 bits per heavy atom. The summed E-state index contributed by atoms with van der Waals surface area (Å²) in [6, 6.07) is 8.19. The first-order chi connectivity index (χ1) is 8.02. The van der Waals surface area contributed by atoms with Crippen molar-refractivity contribution >= 4 is 21.6 Å². The van der Waals surface area contributed by atoms with Crippen LogP contribution in [0.5, 0.6) is 0 Å². The second-order valence-corrected chi connectivity index (χ2v) is 5.63. The molecule has 0 amide bonds. The smallest absolute Gasteiger partial charge is 0.0844 e. The molecule has 1 aromatic rings. The van der Waals surface area contributed by atoms with Gasteiger partial charge < -0.3 is 10.4 Å². The van der Waals surface area contributed by atoms with Gasteiger partial charge in [-0.3, -0.25) is 0 Å². The van der Waals surface area contributed by atoms with Crippen molar-refractivity contribution in [2.45, 2.75) is 25.4 Å². The van der Waals surface area contributed by atoms with E-state index in [-0.39, 0.29) is 5.92 Å². The normalized spacial score (nSPS) is 27.1. The molecule has 0 spiro atoms. The lowest BCUT2D eigenvalue weighted by molar-refractivity contribution is -0.0442. The Morgan fingerprint density at radius 1 is 1.59 bits per heavy atom. The fourth-order valence-corrected chi connectivity index (χ4v) is 2.44. The lowest BCUT2D eigenvalue weighted by Gasteiger charge is -2.40. The topological polar surface area (TPSA) is 56.0 Å². The molecule has 0 aliphatic heterocycles. The van der Waals surface area contributed by atoms with Gasteiger partial charge in [-0.05, 0) is 37.5 Å². The maximum Gasteiger partial charge on any atom is 0.0844 e. The molecule has 1 saturated carbocycles. The standard InChI is InChI=1S/C13H15BrN2O/c1-9-2-3-11(4-12(9)14)16-8-13(17)5-10(6-13)7-15/h2-4,10,16-17H,5-6,8H2,1H3. The summed E-state index contributed by atoms with van der Waals surface area (Å²) in [5.41, 5.74) is 1.45. The third-order valence-corrected chi connectivity index (χ3v) is 4.08. The van der Waals surface area contributed by atoms with Crippen LogP contribution < -0.4 is 5.32 Å². The van der Waals surface area contributed by atoms with Crippen molar-refractivity contribution in [1.82, 2.24) is 0 Å². The van der Waals surface area contributed by atoms with E-state index < -0.39 is 5.60 Å². The van der Waals surface area contributed by atoms with E-state index in [9.17, 15) is 5.11 Å². The lowest BCUT2D eigenvalue weighted by atomic mass is 9.71. The fraction of sp³-hybridized carbons (Fsp3) is 0.462. The second-order valence-electron chi connectivity index (χ2n) is 4.78. The minimum absolute atomic E-state index is 0.0200. The van der Waals surface area contributed by atoms with Crippen molar-refractivity contribution < 1.29 is 5.11 Å². The minimum atomic E-state index is -0.711. The van der Waals surface area contributed by atoms with Gasteiger partial charge >= 0.3 is 0 Å². The maximum atomic E-state index is 10.1. The molecule has 17 heavy (non-hydrogen) atoms. The van der Waals surface area contributed by atoms with E-state index in [1.165, 1.54) is 5.56 Å². The van der Waals surface area contributed by atoms with Gasteiger partial charge in [-0.15, -0.1) is 0 Å². The first kappa shape index (κ1) is 12.4. The highest BCUT2D eigenvalue weighted by Gasteiger charge is 2.42. The van der Waals surface area contributed by atoms with Crippen LogP contribution >= 0.6 is 15.9 Å². The summed E-state index contributed by atoms with van der Waals surface area (Å²) >= 11 is 3.47. The molecule has 0 aromatic heterocycles. The first-order valence-corrected chi connectivity index (χ1v) is 6.44. The summed E-state index contributed by atoms with van der Waals surface area (Å²) in [7, 11) is 0. The van der Waals surface area contributed by atoms with Crippen LogP contribution in [-0.4, -0.2) is 17.3 Å². The van der Waals surface area contributed by atoms with Crippen molar-refractivity contribution in [2.24, 2.45) is 5.92 Å². The Balaban J connectivity index is 1.91. The molecule has 1 aliphatic carbocycles. The average Bonchev–Trinajstić information content (AvgIpc) is 2.27. The number of aliphatic hydroxyl groups is 1. The van der Waals surface area contributed by atoms with Crippen LogP contribution in [-0.2, 0) is 0 Å². The predicted molar refractivity (Wildman–Crippen MR) is 70.7 cm³/mol. The van der Waals surface area contributed by atoms with E-state index in [0.717, 1.165) is 10.2 Å². The number of benzene rings is 1. The molecule has 0 heterocycles. The summed E-state index contributed by atoms with van der Waals surface area (Å²) in [5.74, 6) is 0.0200. The van der Waals surface area contributed by atoms with Crippen molar-refractivity contribution in [3.05, 3.63) is 28.2 Å². The molecule has 1 fully saturated rings. The average molecular weight is 295 g/mol. The van der Waals surface area contributed by atoms with Crippen molar-refractivity contribution in [3.63, 3.8) is 0 Å². The molecule has 0 unspecified atom stereocenters. The zero-order chi connectivity index (χ0) is 12.5. The number of hydrogen-bond donors (Lipinski definition) is 2. The number of nitrogens with one attached hydrogen (secondary N) is 1. The summed E-state index contributed by atoms with van der Waals surface area (Å²) < 4.78 is 1.05. The van der Waals surface area contributed by atoms with Crippen LogP contribution in [0, 0.1) is 24.2 Å². The summed E-state index contributed by atoms with van der Waals surface area (Å²) in [5, 5.41) is 22.0. The van der Waals surface area contributed by atoms with Crippen LogP contribution in [0.4, 0.5) is 5.69 Å². The van der Waals surface area contributed by atoms with Gasteiger partial charge in [-0.25, -0.2) is 0 Å². The van der Waals surface area contributed by atoms with Crippen LogP contribution in [0.3, 0.4) is 0 Å². The van der Waals surface area contributed by atoms with Crippen LogP contribution in [0.1, 0.15) is 18.4 Å². The largest absolute Gasteiger partial charge is 0.388 e. The van der Waals surface area contributed by atoms with Crippen LogP contribution in [0.15, 0.2) is 22.7 Å². The molecule has 1 aromatic carbocycles. The Labute approximate surface area is 110 Å². The third kappa shape index (κ3) is 2.80. The number of anilines is 1. The van der Waals surface area contributed by atoms with Gasteiger partial charge in [0.25, 0.3) is 0 Å². The van der Waals surface area contributed by atoms with Gasteiger partial charge in [0, 0.05) is 16.7 Å². The highest BCUT2D eigenvalue weighted by Crippen LogP contribution is 2.37. The molecule has 4 heteroatoms. The van der Waals surface area contributed by atoms with Gasteiger partial charge in [0.2, 0.25) is 0 Å². The van der Waals surface area contributed by atoms with Crippen molar-refractivity contribution in [2.75, 3.05) is 11.9 Å². The van der Waals surface area contributed by atoms with E-state index in [0.29, 0.717) is 19.4 Å². The molecule has 0 atom stereocenters. The number of aryl methyl sites for hydroxylation is 1. The highest BCUT2D eigenvalue weighted by atomic mass is 79.9. The highest BCUT2D eigenvalue weighted by molar-refractivity contribution is 9.10. The molecule has 1 aliphatic rings. The summed E-state index contributed by atoms with van der Waals surface area (Å²) in [4.78, 5) is 0. The van der Waals surface area contributed by atoms with Gasteiger partial charge in [0.1, 0.15) is 0 Å². The van der Waals surface area contributed by atoms with Gasteiger partial charge in [0.15, 0.2) is 0 Å². The zero-order valence-corrected chi connectivity index (χ0v) is 11.3. The predicted octanol–water partition coefficient (Wildman–Crippen LogP) is 2.83. The minimum Gasteiger partial charge on any atom is -0.388 e. The van der Waals surface area contributed by atoms with Crippen LogP contribution in [0.2, 0.25) is 0 Å². The molecule has 2 N–H and O–H groups in total. The monoisotopic (exact) mass is 294 g/mol. The molecule has 3 nitrogen and oxygen atoms in total. The van der Waals surface area contributed by atoms with E-state index in [4.69, 9.17) is 5.26 Å². The Bertz CT molecular complexity index is 461. The Hall–Kier alpha value is -1.05. The SMILES string of the molecule is Cc1ccc(NCC2(O)CC(C#N)C2)cc1Br. The molecule has 0 radical (unpaired) electrons. The summed E-state index contributed by atoms with van der Waals surface area (Å²) in [6.07, 6.45) is 1.15. The fourth-order valence-electron chi connectivity index (χ4n) is 2.06. The van der Waals surface area contributed by atoms with Crippen molar-refractivity contribution in [1.29, 1.82) is 5.26 Å². The first-order valence-electron chi connectivity index (χ1n) is 5.64. The van der Waals surface area contributed by atoms with E-state index in [1.54, 1.807) is 0 Å². The molecule has 0 saturated heterocycles. The van der Waals surface area contributed by atoms with Gasteiger partial charge in [-0.1, -0.05) is 22.0 Å². The maximum absolute atomic E-state index is 10.1. The second kappa shape index (κ2) is 4.67. The number of hydrogen-bond acceptors (Lipinski definition) is 3. The number of nitriles is 1. The van der Waals surface area contributed by atoms with Gasteiger partial charge in [0.05, 0.1) is 17.6 Å². The Kier molecular flexibility index (Phi) is 3.41. The molecular formula is C13H15BrN2O. The molecule has 0 bridgehead atoms. The lowest BCUT2D eigenvalue weighted by Crippen LogP contribution is -2.48. The number of halogens is 1. The summed E-state index contributed by atoms with van der Waals surface area (Å²) in [6.45, 7) is 2.53.